The third-order valence-electron chi connectivity index (χ3n) is 2.93. The molecule has 0 radical (unpaired) electrons. The molecule has 0 unspecified atom stereocenters. The normalized spacial score (nSPS) is 10.7. The second-order valence-electron chi connectivity index (χ2n) is 4.18. The maximum atomic E-state index is 12.4. The lowest BCUT2D eigenvalue weighted by Gasteiger charge is -2.04. The zero-order valence-corrected chi connectivity index (χ0v) is 9.83. The molecule has 2 aromatic carbocycles. The van der Waals surface area contributed by atoms with E-state index in [0.717, 1.165) is 6.07 Å². The summed E-state index contributed by atoms with van der Waals surface area (Å²) in [6.45, 7) is 0. The van der Waals surface area contributed by atoms with E-state index >= 15 is 0 Å². The van der Waals surface area contributed by atoms with E-state index in [2.05, 4.69) is 0 Å². The molecule has 1 heterocycles. The van der Waals surface area contributed by atoms with Crippen LogP contribution in [0, 0.1) is 0 Å². The van der Waals surface area contributed by atoms with Gasteiger partial charge in [0, 0.05) is 15.0 Å². The molecule has 4 heteroatoms. The van der Waals surface area contributed by atoms with Crippen LogP contribution >= 0.6 is 0 Å². The molecule has 0 bridgehead atoms. The van der Waals surface area contributed by atoms with Crippen molar-refractivity contribution in [3.8, 4) is 22.6 Å². The van der Waals surface area contributed by atoms with E-state index in [4.69, 9.17) is 4.42 Å². The van der Waals surface area contributed by atoms with Crippen LogP contribution in [0.5, 0.6) is 11.5 Å². The van der Waals surface area contributed by atoms with Gasteiger partial charge < -0.3 is 14.6 Å². The Morgan fingerprint density at radius 2 is 1.79 bits per heavy atom. The van der Waals surface area contributed by atoms with Crippen molar-refractivity contribution in [2.24, 2.45) is 0 Å². The Bertz CT molecular complexity index is 813. The van der Waals surface area contributed by atoms with Gasteiger partial charge in [-0.25, -0.2) is 0 Å². The highest BCUT2D eigenvalue weighted by Crippen LogP contribution is 2.29. The number of aromatic hydroxyl groups is 2. The average Bonchev–Trinajstić information content (AvgIpc) is 2.39. The zero-order chi connectivity index (χ0) is 13.4. The van der Waals surface area contributed by atoms with Crippen LogP contribution in [0.2, 0.25) is 0 Å². The van der Waals surface area contributed by atoms with E-state index in [1.807, 2.05) is 18.2 Å². The van der Waals surface area contributed by atoms with Crippen molar-refractivity contribution in [3.63, 3.8) is 0 Å². The van der Waals surface area contributed by atoms with E-state index in [-0.39, 0.29) is 30.8 Å². The first-order valence-corrected chi connectivity index (χ1v) is 5.70. The summed E-state index contributed by atoms with van der Waals surface area (Å²) in [6.07, 6.45) is 1.33. The maximum absolute atomic E-state index is 12.4. The molecule has 0 aliphatic rings. The van der Waals surface area contributed by atoms with Crippen LogP contribution in [-0.2, 0) is 0 Å². The Kier molecular flexibility index (Phi) is 2.49. The third kappa shape index (κ3) is 1.83. The molecule has 3 aromatic rings. The summed E-state index contributed by atoms with van der Waals surface area (Å²) >= 11 is 0. The van der Waals surface area contributed by atoms with Gasteiger partial charge in [-0.15, -0.1) is 0 Å². The van der Waals surface area contributed by atoms with Crippen molar-refractivity contribution in [3.05, 3.63) is 59.0 Å². The van der Waals surface area contributed by atoms with E-state index < -0.39 is 0 Å². The van der Waals surface area contributed by atoms with Crippen LogP contribution < -0.4 is 5.43 Å². The van der Waals surface area contributed by atoms with E-state index in [9.17, 15) is 15.0 Å². The lowest BCUT2D eigenvalue weighted by molar-refractivity contribution is 0.452. The van der Waals surface area contributed by atoms with Crippen LogP contribution in [0.1, 0.15) is 2.85 Å². The summed E-state index contributed by atoms with van der Waals surface area (Å²) in [5, 5.41) is 19.2. The molecular formula is C15H14O4. The molecule has 19 heavy (non-hydrogen) atoms. The van der Waals surface area contributed by atoms with Crippen molar-refractivity contribution in [1.82, 2.24) is 0 Å². The first-order chi connectivity index (χ1) is 9.16. The molecule has 4 nitrogen and oxygen atoms in total. The Morgan fingerprint density at radius 3 is 2.53 bits per heavy atom. The first kappa shape index (κ1) is 11.3. The summed E-state index contributed by atoms with van der Waals surface area (Å²) in [7, 11) is 0. The summed E-state index contributed by atoms with van der Waals surface area (Å²) in [6, 6.07) is 11.5. The quantitative estimate of drug-likeness (QED) is 0.702. The van der Waals surface area contributed by atoms with Gasteiger partial charge in [-0.3, -0.25) is 4.79 Å². The number of hydrogen-bond donors (Lipinski definition) is 2. The standard InChI is InChI=1S/C15H10O4.2H2/c16-10-6-12(17)14-13(7-10)19-8-11(15(14)18)9-4-2-1-3-5-9;;/h1-8,16-17H;2*1H. The third-order valence-corrected chi connectivity index (χ3v) is 2.93. The maximum Gasteiger partial charge on any atom is 0.204 e. The van der Waals surface area contributed by atoms with Crippen LogP contribution in [0.3, 0.4) is 0 Å². The van der Waals surface area contributed by atoms with Gasteiger partial charge in [0.1, 0.15) is 28.7 Å². The van der Waals surface area contributed by atoms with Crippen LogP contribution in [-0.4, -0.2) is 10.2 Å². The van der Waals surface area contributed by atoms with Crippen LogP contribution in [0.15, 0.2) is 57.9 Å². The predicted molar refractivity (Wildman–Crippen MR) is 75.5 cm³/mol. The highest BCUT2D eigenvalue weighted by Gasteiger charge is 2.13. The molecule has 0 fully saturated rings. The smallest absolute Gasteiger partial charge is 0.204 e. The van der Waals surface area contributed by atoms with Gasteiger partial charge >= 0.3 is 0 Å². The van der Waals surface area contributed by atoms with Crippen molar-refractivity contribution >= 4 is 11.0 Å². The Morgan fingerprint density at radius 1 is 1.05 bits per heavy atom. The fraction of sp³-hybridized carbons (Fsp3) is 0. The van der Waals surface area contributed by atoms with Crippen molar-refractivity contribution < 1.29 is 17.5 Å². The fourth-order valence-corrected chi connectivity index (χ4v) is 2.04. The molecular weight excluding hydrogens is 244 g/mol. The molecule has 0 amide bonds. The number of benzene rings is 2. The van der Waals surface area contributed by atoms with E-state index in [1.54, 1.807) is 12.1 Å². The Balaban J connectivity index is 0.00000110. The van der Waals surface area contributed by atoms with Gasteiger partial charge in [0.2, 0.25) is 5.43 Å². The number of rotatable bonds is 1. The zero-order valence-electron chi connectivity index (χ0n) is 9.83. The van der Waals surface area contributed by atoms with Gasteiger partial charge in [-0.2, -0.15) is 0 Å². The fourth-order valence-electron chi connectivity index (χ4n) is 2.04. The minimum Gasteiger partial charge on any atom is -0.508 e. The topological polar surface area (TPSA) is 70.7 Å². The number of hydrogen-bond acceptors (Lipinski definition) is 4. The molecule has 0 saturated heterocycles. The number of fused-ring (bicyclic) bond motifs is 1. The van der Waals surface area contributed by atoms with Gasteiger partial charge in [-0.1, -0.05) is 30.3 Å². The number of phenolic OH excluding ortho intramolecular Hbond substituents is 2. The molecule has 1 aromatic heterocycles. The van der Waals surface area contributed by atoms with Gasteiger partial charge in [0.05, 0.1) is 5.56 Å². The molecule has 0 atom stereocenters. The Hall–Kier alpha value is -2.75. The lowest BCUT2D eigenvalue weighted by atomic mass is 10.1. The van der Waals surface area contributed by atoms with Crippen molar-refractivity contribution in [2.75, 3.05) is 0 Å². The van der Waals surface area contributed by atoms with E-state index in [0.29, 0.717) is 11.1 Å². The molecule has 0 saturated carbocycles. The number of phenols is 2. The monoisotopic (exact) mass is 258 g/mol. The molecule has 0 spiro atoms. The Labute approximate surface area is 111 Å². The van der Waals surface area contributed by atoms with Crippen molar-refractivity contribution in [1.29, 1.82) is 0 Å². The minimum atomic E-state index is -0.329. The predicted octanol–water partition coefficient (Wildman–Crippen LogP) is 3.36. The molecule has 98 valence electrons. The van der Waals surface area contributed by atoms with E-state index in [1.165, 1.54) is 12.3 Å². The summed E-state index contributed by atoms with van der Waals surface area (Å²) < 4.78 is 5.32. The largest absolute Gasteiger partial charge is 0.508 e. The van der Waals surface area contributed by atoms with Gasteiger partial charge in [0.25, 0.3) is 0 Å². The lowest BCUT2D eigenvalue weighted by Crippen LogP contribution is -2.04. The van der Waals surface area contributed by atoms with Gasteiger partial charge in [0.15, 0.2) is 0 Å². The summed E-state index contributed by atoms with van der Waals surface area (Å²) in [5.41, 5.74) is 0.909. The molecule has 2 N–H and O–H groups in total. The van der Waals surface area contributed by atoms with Crippen molar-refractivity contribution in [2.45, 2.75) is 0 Å². The van der Waals surface area contributed by atoms with Gasteiger partial charge in [-0.05, 0) is 5.56 Å². The second kappa shape index (κ2) is 4.17. The average molecular weight is 258 g/mol. The summed E-state index contributed by atoms with van der Waals surface area (Å²) in [5.74, 6) is -0.442. The van der Waals surface area contributed by atoms with Crippen LogP contribution in [0.25, 0.3) is 22.1 Å². The highest BCUT2D eigenvalue weighted by molar-refractivity contribution is 5.87. The highest BCUT2D eigenvalue weighted by atomic mass is 16.3. The summed E-state index contributed by atoms with van der Waals surface area (Å²) in [4.78, 5) is 12.4. The molecule has 0 aliphatic heterocycles. The SMILES string of the molecule is O=c1c(-c2ccccc2)coc2cc(O)cc(O)c12.[HH].[HH]. The molecule has 0 aliphatic carbocycles. The molecule has 3 rings (SSSR count). The van der Waals surface area contributed by atoms with Crippen LogP contribution in [0.4, 0.5) is 0 Å². The first-order valence-electron chi connectivity index (χ1n) is 5.70. The second-order valence-corrected chi connectivity index (χ2v) is 4.18. The minimum absolute atomic E-state index is 0.